The Morgan fingerprint density at radius 1 is 1.15 bits per heavy atom. The molecular formula is C16H23NO3. The highest BCUT2D eigenvalue weighted by Gasteiger charge is 2.28. The summed E-state index contributed by atoms with van der Waals surface area (Å²) in [7, 11) is 0. The lowest BCUT2D eigenvalue weighted by Crippen LogP contribution is -2.32. The Balaban J connectivity index is 1.78. The van der Waals surface area contributed by atoms with Crippen LogP contribution in [0, 0.1) is 5.92 Å². The maximum Gasteiger partial charge on any atom is 0.161 e. The average molecular weight is 277 g/mol. The number of rotatable bonds is 4. The summed E-state index contributed by atoms with van der Waals surface area (Å²) in [6, 6.07) is 6.21. The third kappa shape index (κ3) is 2.91. The van der Waals surface area contributed by atoms with Gasteiger partial charge in [-0.05, 0) is 37.1 Å². The van der Waals surface area contributed by atoms with Crippen molar-refractivity contribution in [2.45, 2.75) is 25.9 Å². The lowest BCUT2D eigenvalue weighted by atomic mass is 9.89. The monoisotopic (exact) mass is 277 g/mol. The molecule has 0 aromatic heterocycles. The lowest BCUT2D eigenvalue weighted by molar-refractivity contribution is -0.0278. The molecule has 1 N–H and O–H groups in total. The van der Waals surface area contributed by atoms with Gasteiger partial charge in [0.2, 0.25) is 0 Å². The normalized spacial score (nSPS) is 25.4. The molecule has 4 nitrogen and oxygen atoms in total. The Kier molecular flexibility index (Phi) is 4.43. The van der Waals surface area contributed by atoms with Crippen LogP contribution in [0.1, 0.15) is 31.4 Å². The van der Waals surface area contributed by atoms with Crippen LogP contribution < -0.4 is 14.8 Å². The molecule has 2 aliphatic rings. The topological polar surface area (TPSA) is 39.7 Å². The van der Waals surface area contributed by atoms with E-state index in [1.165, 1.54) is 12.0 Å². The summed E-state index contributed by atoms with van der Waals surface area (Å²) in [5.41, 5.74) is 1.21. The largest absolute Gasteiger partial charge is 0.486 e. The first-order valence-corrected chi connectivity index (χ1v) is 7.60. The smallest absolute Gasteiger partial charge is 0.161 e. The molecular weight excluding hydrogens is 254 g/mol. The van der Waals surface area contributed by atoms with E-state index < -0.39 is 0 Å². The fraction of sp³-hybridized carbons (Fsp3) is 0.625. The van der Waals surface area contributed by atoms with Crippen molar-refractivity contribution >= 4 is 0 Å². The van der Waals surface area contributed by atoms with Crippen LogP contribution in [0.5, 0.6) is 11.5 Å². The van der Waals surface area contributed by atoms with E-state index in [1.807, 2.05) is 6.07 Å². The second kappa shape index (κ2) is 6.46. The van der Waals surface area contributed by atoms with Gasteiger partial charge in [0.25, 0.3) is 0 Å². The Bertz CT molecular complexity index is 449. The van der Waals surface area contributed by atoms with E-state index in [0.717, 1.165) is 37.6 Å². The summed E-state index contributed by atoms with van der Waals surface area (Å²) < 4.78 is 17.3. The summed E-state index contributed by atoms with van der Waals surface area (Å²) >= 11 is 0. The molecule has 2 atom stereocenters. The van der Waals surface area contributed by atoms with Crippen molar-refractivity contribution in [1.29, 1.82) is 0 Å². The van der Waals surface area contributed by atoms with Gasteiger partial charge in [-0.1, -0.05) is 13.0 Å². The van der Waals surface area contributed by atoms with Crippen LogP contribution in [0.25, 0.3) is 0 Å². The summed E-state index contributed by atoms with van der Waals surface area (Å²) in [5, 5.41) is 3.44. The van der Waals surface area contributed by atoms with E-state index in [2.05, 4.69) is 24.4 Å². The molecule has 0 radical (unpaired) electrons. The highest BCUT2D eigenvalue weighted by Crippen LogP contribution is 2.38. The molecule has 20 heavy (non-hydrogen) atoms. The molecule has 1 fully saturated rings. The van der Waals surface area contributed by atoms with Crippen LogP contribution in [0.15, 0.2) is 18.2 Å². The summed E-state index contributed by atoms with van der Waals surface area (Å²) in [4.78, 5) is 0. The Morgan fingerprint density at radius 2 is 2.00 bits per heavy atom. The lowest BCUT2D eigenvalue weighted by Gasteiger charge is -2.33. The molecule has 2 aliphatic heterocycles. The van der Waals surface area contributed by atoms with E-state index in [-0.39, 0.29) is 6.10 Å². The van der Waals surface area contributed by atoms with Crippen molar-refractivity contribution < 1.29 is 14.2 Å². The summed E-state index contributed by atoms with van der Waals surface area (Å²) in [6.07, 6.45) is 2.53. The number of ether oxygens (including phenoxy) is 3. The fourth-order valence-corrected chi connectivity index (χ4v) is 2.99. The van der Waals surface area contributed by atoms with Gasteiger partial charge in [-0.15, -0.1) is 0 Å². The predicted molar refractivity (Wildman–Crippen MR) is 77.4 cm³/mol. The summed E-state index contributed by atoms with van der Waals surface area (Å²) in [6.45, 7) is 6.27. The van der Waals surface area contributed by atoms with E-state index >= 15 is 0 Å². The molecule has 4 heteroatoms. The molecule has 2 unspecified atom stereocenters. The number of nitrogens with one attached hydrogen (secondary N) is 1. The number of fused-ring (bicyclic) bond motifs is 1. The maximum absolute atomic E-state index is 6.03. The molecule has 2 heterocycles. The van der Waals surface area contributed by atoms with Crippen molar-refractivity contribution in [3.05, 3.63) is 23.8 Å². The molecule has 0 bridgehead atoms. The first kappa shape index (κ1) is 13.7. The quantitative estimate of drug-likeness (QED) is 0.918. The maximum atomic E-state index is 6.03. The number of hydrogen-bond acceptors (Lipinski definition) is 4. The van der Waals surface area contributed by atoms with Crippen LogP contribution in [-0.2, 0) is 4.74 Å². The van der Waals surface area contributed by atoms with E-state index in [1.54, 1.807) is 0 Å². The van der Waals surface area contributed by atoms with Crippen molar-refractivity contribution in [3.8, 4) is 11.5 Å². The predicted octanol–water partition coefficient (Wildman–Crippen LogP) is 2.54. The van der Waals surface area contributed by atoms with Crippen LogP contribution in [-0.4, -0.2) is 32.9 Å². The third-order valence-corrected chi connectivity index (χ3v) is 4.00. The second-order valence-electron chi connectivity index (χ2n) is 5.40. The molecule has 1 saturated heterocycles. The van der Waals surface area contributed by atoms with Gasteiger partial charge >= 0.3 is 0 Å². The molecule has 0 saturated carbocycles. The third-order valence-electron chi connectivity index (χ3n) is 4.00. The highest BCUT2D eigenvalue weighted by atomic mass is 16.6. The van der Waals surface area contributed by atoms with Crippen molar-refractivity contribution in [2.75, 3.05) is 32.9 Å². The van der Waals surface area contributed by atoms with Crippen molar-refractivity contribution in [3.63, 3.8) is 0 Å². The minimum atomic E-state index is 0.165. The standard InChI is InChI=1S/C16H23NO3/c1-2-17-11-13-4-3-7-20-16(13)12-5-6-14-15(10-12)19-9-8-18-14/h5-6,10,13,16-17H,2-4,7-9,11H2,1H3. The molecule has 110 valence electrons. The molecule has 0 amide bonds. The zero-order valence-corrected chi connectivity index (χ0v) is 12.1. The van der Waals surface area contributed by atoms with Gasteiger partial charge < -0.3 is 19.5 Å². The highest BCUT2D eigenvalue weighted by molar-refractivity contribution is 5.44. The average Bonchev–Trinajstić information content (AvgIpc) is 2.53. The van der Waals surface area contributed by atoms with Crippen molar-refractivity contribution in [2.24, 2.45) is 5.92 Å². The summed E-state index contributed by atoms with van der Waals surface area (Å²) in [5.74, 6) is 2.23. The Labute approximate surface area is 120 Å². The van der Waals surface area contributed by atoms with Gasteiger partial charge in [-0.2, -0.15) is 0 Å². The zero-order chi connectivity index (χ0) is 13.8. The van der Waals surface area contributed by atoms with Crippen LogP contribution in [0.4, 0.5) is 0 Å². The van der Waals surface area contributed by atoms with E-state index in [4.69, 9.17) is 14.2 Å². The zero-order valence-electron chi connectivity index (χ0n) is 12.1. The SMILES string of the molecule is CCNCC1CCCOC1c1ccc2c(c1)OCCO2. The first-order valence-electron chi connectivity index (χ1n) is 7.60. The minimum Gasteiger partial charge on any atom is -0.486 e. The molecule has 3 rings (SSSR count). The number of benzene rings is 1. The van der Waals surface area contributed by atoms with Gasteiger partial charge in [0.15, 0.2) is 11.5 Å². The van der Waals surface area contributed by atoms with E-state index in [9.17, 15) is 0 Å². The van der Waals surface area contributed by atoms with Crippen LogP contribution in [0.3, 0.4) is 0 Å². The van der Waals surface area contributed by atoms with Gasteiger partial charge in [-0.3, -0.25) is 0 Å². The fourth-order valence-electron chi connectivity index (χ4n) is 2.99. The van der Waals surface area contributed by atoms with Crippen LogP contribution in [0.2, 0.25) is 0 Å². The van der Waals surface area contributed by atoms with Gasteiger partial charge in [0.1, 0.15) is 13.2 Å². The van der Waals surface area contributed by atoms with Crippen molar-refractivity contribution in [1.82, 2.24) is 5.32 Å². The first-order chi connectivity index (χ1) is 9.88. The van der Waals surface area contributed by atoms with Gasteiger partial charge in [0, 0.05) is 19.1 Å². The van der Waals surface area contributed by atoms with Gasteiger partial charge in [-0.25, -0.2) is 0 Å². The minimum absolute atomic E-state index is 0.165. The van der Waals surface area contributed by atoms with Gasteiger partial charge in [0.05, 0.1) is 6.10 Å². The second-order valence-corrected chi connectivity index (χ2v) is 5.40. The number of hydrogen-bond donors (Lipinski definition) is 1. The molecule has 0 aliphatic carbocycles. The Morgan fingerprint density at radius 3 is 2.85 bits per heavy atom. The molecule has 1 aromatic rings. The Hall–Kier alpha value is -1.26. The molecule has 0 spiro atoms. The van der Waals surface area contributed by atoms with E-state index in [0.29, 0.717) is 19.1 Å². The molecule has 1 aromatic carbocycles. The van der Waals surface area contributed by atoms with Crippen LogP contribution >= 0.6 is 0 Å².